The van der Waals surface area contributed by atoms with Crippen molar-refractivity contribution in [3.05, 3.63) is 108 Å². The first-order valence-electron chi connectivity index (χ1n) is 9.17. The normalized spacial score (nSPS) is 14.4. The van der Waals surface area contributed by atoms with Gasteiger partial charge in [-0.1, -0.05) is 54.6 Å². The highest BCUT2D eigenvalue weighted by Gasteiger charge is 2.27. The Morgan fingerprint density at radius 1 is 0.857 bits per heavy atom. The number of anilines is 1. The van der Waals surface area contributed by atoms with Gasteiger partial charge in [-0.3, -0.25) is 9.78 Å². The predicted molar refractivity (Wildman–Crippen MR) is 112 cm³/mol. The third-order valence-electron chi connectivity index (χ3n) is 5.02. The number of hydrogen-bond acceptors (Lipinski definition) is 2. The standard InChI is InChI=1S/C24H17N3O/c28-24(18-11-13-25-14-12-18)26-23-22-8-4-3-7-20(22)16-27(23)21-10-9-17-5-1-2-6-19(17)15-21/h1-15H,16H2. The maximum absolute atomic E-state index is 12.8. The van der Waals surface area contributed by atoms with E-state index in [9.17, 15) is 4.79 Å². The van der Waals surface area contributed by atoms with Crippen molar-refractivity contribution in [2.24, 2.45) is 4.99 Å². The molecule has 134 valence electrons. The zero-order valence-corrected chi connectivity index (χ0v) is 15.1. The van der Waals surface area contributed by atoms with E-state index in [2.05, 4.69) is 51.3 Å². The highest BCUT2D eigenvalue weighted by molar-refractivity contribution is 6.19. The molecule has 0 atom stereocenters. The molecule has 0 fully saturated rings. The molecule has 1 amide bonds. The minimum Gasteiger partial charge on any atom is -0.321 e. The predicted octanol–water partition coefficient (Wildman–Crippen LogP) is 4.84. The Kier molecular flexibility index (Phi) is 3.95. The highest BCUT2D eigenvalue weighted by atomic mass is 16.1. The fourth-order valence-electron chi connectivity index (χ4n) is 3.60. The molecule has 1 aromatic heterocycles. The number of amides is 1. The van der Waals surface area contributed by atoms with E-state index >= 15 is 0 Å². The van der Waals surface area contributed by atoms with Crippen molar-refractivity contribution in [1.82, 2.24) is 4.98 Å². The number of aromatic nitrogens is 1. The number of rotatable bonds is 2. The molecule has 0 N–H and O–H groups in total. The topological polar surface area (TPSA) is 45.6 Å². The van der Waals surface area contributed by atoms with E-state index < -0.39 is 0 Å². The van der Waals surface area contributed by atoms with Gasteiger partial charge in [-0.15, -0.1) is 0 Å². The Morgan fingerprint density at radius 2 is 1.61 bits per heavy atom. The Labute approximate surface area is 162 Å². The molecular weight excluding hydrogens is 346 g/mol. The number of carbonyl (C=O) groups is 1. The molecule has 4 aromatic rings. The third-order valence-corrected chi connectivity index (χ3v) is 5.02. The van der Waals surface area contributed by atoms with Crippen LogP contribution in [0.1, 0.15) is 21.5 Å². The van der Waals surface area contributed by atoms with Crippen LogP contribution in [-0.4, -0.2) is 16.7 Å². The van der Waals surface area contributed by atoms with E-state index in [4.69, 9.17) is 0 Å². The van der Waals surface area contributed by atoms with Gasteiger partial charge in [0.15, 0.2) is 0 Å². The summed E-state index contributed by atoms with van der Waals surface area (Å²) in [6.45, 7) is 0.691. The molecule has 0 radical (unpaired) electrons. The lowest BCUT2D eigenvalue weighted by Crippen LogP contribution is -2.25. The van der Waals surface area contributed by atoms with Gasteiger partial charge >= 0.3 is 0 Å². The second-order valence-electron chi connectivity index (χ2n) is 6.75. The van der Waals surface area contributed by atoms with Crippen LogP contribution in [0.4, 0.5) is 5.69 Å². The van der Waals surface area contributed by atoms with E-state index in [1.807, 2.05) is 30.3 Å². The van der Waals surface area contributed by atoms with Crippen molar-refractivity contribution in [2.75, 3.05) is 4.90 Å². The van der Waals surface area contributed by atoms with Gasteiger partial charge in [-0.25, -0.2) is 0 Å². The number of benzene rings is 3. The summed E-state index contributed by atoms with van der Waals surface area (Å²) in [5.74, 6) is 0.424. The minimum absolute atomic E-state index is 0.264. The molecular formula is C24H17N3O. The lowest BCUT2D eigenvalue weighted by atomic mass is 10.1. The zero-order chi connectivity index (χ0) is 18.9. The van der Waals surface area contributed by atoms with Crippen LogP contribution >= 0.6 is 0 Å². The number of carbonyl (C=O) groups excluding carboxylic acids is 1. The number of aliphatic imine (C=N–C) groups is 1. The first-order chi connectivity index (χ1) is 13.8. The second kappa shape index (κ2) is 6.74. The van der Waals surface area contributed by atoms with Crippen LogP contribution in [0.25, 0.3) is 10.8 Å². The Bertz CT molecular complexity index is 1210. The summed E-state index contributed by atoms with van der Waals surface area (Å²) in [4.78, 5) is 23.3. The fraction of sp³-hybridized carbons (Fsp3) is 0.0417. The fourth-order valence-corrected chi connectivity index (χ4v) is 3.60. The lowest BCUT2D eigenvalue weighted by Gasteiger charge is -2.19. The summed E-state index contributed by atoms with van der Waals surface area (Å²) >= 11 is 0. The average molecular weight is 363 g/mol. The number of nitrogens with zero attached hydrogens (tertiary/aromatic N) is 3. The van der Waals surface area contributed by atoms with Crippen molar-refractivity contribution in [3.63, 3.8) is 0 Å². The summed E-state index contributed by atoms with van der Waals surface area (Å²) in [7, 11) is 0. The molecule has 0 saturated heterocycles. The zero-order valence-electron chi connectivity index (χ0n) is 15.1. The largest absolute Gasteiger partial charge is 0.321 e. The molecule has 1 aliphatic heterocycles. The summed E-state index contributed by atoms with van der Waals surface area (Å²) in [6.07, 6.45) is 3.22. The first kappa shape index (κ1) is 16.4. The van der Waals surface area contributed by atoms with E-state index in [-0.39, 0.29) is 5.91 Å². The van der Waals surface area contributed by atoms with Crippen molar-refractivity contribution < 1.29 is 4.79 Å². The summed E-state index contributed by atoms with van der Waals surface area (Å²) in [5, 5.41) is 2.35. The molecule has 0 unspecified atom stereocenters. The maximum Gasteiger partial charge on any atom is 0.279 e. The number of pyridine rings is 1. The van der Waals surface area contributed by atoms with Crippen molar-refractivity contribution in [3.8, 4) is 0 Å². The molecule has 0 aliphatic carbocycles. The van der Waals surface area contributed by atoms with Crippen molar-refractivity contribution in [1.29, 1.82) is 0 Å². The number of fused-ring (bicyclic) bond motifs is 2. The molecule has 4 nitrogen and oxygen atoms in total. The van der Waals surface area contributed by atoms with Crippen molar-refractivity contribution >= 4 is 28.2 Å². The molecule has 3 aromatic carbocycles. The molecule has 4 heteroatoms. The van der Waals surface area contributed by atoms with Gasteiger partial charge in [0.1, 0.15) is 5.84 Å². The molecule has 28 heavy (non-hydrogen) atoms. The van der Waals surface area contributed by atoms with Crippen LogP contribution in [-0.2, 0) is 6.54 Å². The molecule has 0 saturated carbocycles. The third kappa shape index (κ3) is 2.85. The van der Waals surface area contributed by atoms with Crippen LogP contribution in [0, 0.1) is 0 Å². The molecule has 5 rings (SSSR count). The number of hydrogen-bond donors (Lipinski definition) is 0. The van der Waals surface area contributed by atoms with Crippen LogP contribution < -0.4 is 4.90 Å². The Morgan fingerprint density at radius 3 is 2.46 bits per heavy atom. The van der Waals surface area contributed by atoms with Gasteiger partial charge in [0, 0.05) is 29.2 Å². The molecule has 2 heterocycles. The molecule has 0 bridgehead atoms. The van der Waals surface area contributed by atoms with E-state index in [1.54, 1.807) is 24.5 Å². The van der Waals surface area contributed by atoms with Gasteiger partial charge in [0.05, 0.1) is 6.54 Å². The molecule has 1 aliphatic rings. The first-order valence-corrected chi connectivity index (χ1v) is 9.17. The number of amidine groups is 1. The van der Waals surface area contributed by atoms with Gasteiger partial charge in [0.2, 0.25) is 0 Å². The Balaban J connectivity index is 1.62. The summed E-state index contributed by atoms with van der Waals surface area (Å²) in [6, 6.07) is 26.1. The SMILES string of the molecule is O=C(N=C1c2ccccc2CN1c1ccc2ccccc2c1)c1ccncc1. The van der Waals surface area contributed by atoms with E-state index in [0.717, 1.165) is 22.2 Å². The monoisotopic (exact) mass is 363 g/mol. The average Bonchev–Trinajstić information content (AvgIpc) is 3.12. The molecule has 0 spiro atoms. The maximum atomic E-state index is 12.8. The van der Waals surface area contributed by atoms with Crippen LogP contribution in [0.15, 0.2) is 96.2 Å². The van der Waals surface area contributed by atoms with Gasteiger partial charge in [0.25, 0.3) is 5.91 Å². The highest BCUT2D eigenvalue weighted by Crippen LogP contribution is 2.31. The summed E-state index contributed by atoms with van der Waals surface area (Å²) in [5.41, 5.74) is 3.72. The van der Waals surface area contributed by atoms with Crippen LogP contribution in [0.2, 0.25) is 0 Å². The van der Waals surface area contributed by atoms with Gasteiger partial charge in [-0.05, 0) is 40.6 Å². The van der Waals surface area contributed by atoms with Crippen LogP contribution in [0.5, 0.6) is 0 Å². The van der Waals surface area contributed by atoms with Crippen molar-refractivity contribution in [2.45, 2.75) is 6.54 Å². The van der Waals surface area contributed by atoms with Gasteiger partial charge in [-0.2, -0.15) is 4.99 Å². The smallest absolute Gasteiger partial charge is 0.279 e. The van der Waals surface area contributed by atoms with E-state index in [0.29, 0.717) is 17.9 Å². The van der Waals surface area contributed by atoms with Crippen LogP contribution in [0.3, 0.4) is 0 Å². The summed E-state index contributed by atoms with van der Waals surface area (Å²) < 4.78 is 0. The lowest BCUT2D eigenvalue weighted by molar-refractivity contribution is 0.100. The van der Waals surface area contributed by atoms with Gasteiger partial charge < -0.3 is 4.90 Å². The van der Waals surface area contributed by atoms with E-state index in [1.165, 1.54) is 5.39 Å². The second-order valence-corrected chi connectivity index (χ2v) is 6.75. The Hall–Kier alpha value is -3.79. The minimum atomic E-state index is -0.264. The quantitative estimate of drug-likeness (QED) is 0.512.